The number of furan rings is 1. The molecule has 4 nitrogen and oxygen atoms in total. The molecule has 2 aromatic heterocycles. The van der Waals surface area contributed by atoms with E-state index in [1.165, 1.54) is 0 Å². The lowest BCUT2D eigenvalue weighted by atomic mass is 10.0. The van der Waals surface area contributed by atoms with Crippen molar-refractivity contribution >= 4 is 0 Å². The van der Waals surface area contributed by atoms with Gasteiger partial charge in [-0.15, -0.1) is 0 Å². The molecule has 4 heteroatoms. The molecule has 0 aliphatic carbocycles. The van der Waals surface area contributed by atoms with Crippen molar-refractivity contribution in [1.82, 2.24) is 9.88 Å². The van der Waals surface area contributed by atoms with Crippen LogP contribution in [-0.2, 0) is 6.54 Å². The molecular formula is C14H19N3O. The van der Waals surface area contributed by atoms with Gasteiger partial charge in [0.1, 0.15) is 5.76 Å². The predicted octanol–water partition coefficient (Wildman–Crippen LogP) is 2.19. The maximum absolute atomic E-state index is 6.10. The summed E-state index contributed by atoms with van der Waals surface area (Å²) < 4.78 is 5.37. The summed E-state index contributed by atoms with van der Waals surface area (Å²) in [4.78, 5) is 6.34. The number of rotatable bonds is 5. The van der Waals surface area contributed by atoms with Crippen LogP contribution in [0.15, 0.2) is 47.3 Å². The molecule has 2 aromatic rings. The first-order valence-corrected chi connectivity index (χ1v) is 6.06. The molecule has 2 N–H and O–H groups in total. The van der Waals surface area contributed by atoms with Gasteiger partial charge in [-0.05, 0) is 37.7 Å². The average Bonchev–Trinajstić information content (AvgIpc) is 2.83. The van der Waals surface area contributed by atoms with E-state index in [0.717, 1.165) is 17.9 Å². The van der Waals surface area contributed by atoms with Gasteiger partial charge in [0.15, 0.2) is 0 Å². The van der Waals surface area contributed by atoms with E-state index in [4.69, 9.17) is 10.2 Å². The van der Waals surface area contributed by atoms with E-state index >= 15 is 0 Å². The highest BCUT2D eigenvalue weighted by molar-refractivity contribution is 5.16. The zero-order chi connectivity index (χ0) is 13.0. The summed E-state index contributed by atoms with van der Waals surface area (Å²) in [5, 5.41) is 0. The molecule has 18 heavy (non-hydrogen) atoms. The van der Waals surface area contributed by atoms with Crippen LogP contribution in [0.25, 0.3) is 0 Å². The molecule has 0 bridgehead atoms. The number of nitrogens with two attached hydrogens (primary N) is 1. The van der Waals surface area contributed by atoms with E-state index in [1.54, 1.807) is 12.5 Å². The summed E-state index contributed by atoms with van der Waals surface area (Å²) in [6.07, 6.45) is 5.33. The summed E-state index contributed by atoms with van der Waals surface area (Å²) in [7, 11) is 2.05. The Kier molecular flexibility index (Phi) is 4.12. The van der Waals surface area contributed by atoms with Gasteiger partial charge in [0.05, 0.1) is 18.8 Å². The first-order chi connectivity index (χ1) is 8.68. The second-order valence-corrected chi connectivity index (χ2v) is 4.58. The minimum absolute atomic E-state index is 0.0224. The Morgan fingerprint density at radius 1 is 1.39 bits per heavy atom. The summed E-state index contributed by atoms with van der Waals surface area (Å²) in [6, 6.07) is 8.01. The molecule has 0 aliphatic heterocycles. The fourth-order valence-electron chi connectivity index (χ4n) is 2.26. The molecule has 0 saturated carbocycles. The van der Waals surface area contributed by atoms with Crippen molar-refractivity contribution in [1.29, 1.82) is 0 Å². The molecule has 2 heterocycles. The Balaban J connectivity index is 2.15. The van der Waals surface area contributed by atoms with Crippen molar-refractivity contribution in [3.8, 4) is 0 Å². The van der Waals surface area contributed by atoms with Crippen molar-refractivity contribution in [3.05, 3.63) is 54.2 Å². The molecule has 0 aliphatic rings. The number of nitrogens with zero attached hydrogens (tertiary/aromatic N) is 2. The maximum Gasteiger partial charge on any atom is 0.117 e. The van der Waals surface area contributed by atoms with E-state index in [2.05, 4.69) is 16.0 Å². The summed E-state index contributed by atoms with van der Waals surface area (Å²) in [6.45, 7) is 2.74. The van der Waals surface area contributed by atoms with Crippen LogP contribution in [0, 0.1) is 0 Å². The third-order valence-electron chi connectivity index (χ3n) is 2.98. The Labute approximate surface area is 107 Å². The van der Waals surface area contributed by atoms with Gasteiger partial charge >= 0.3 is 0 Å². The molecule has 0 amide bonds. The largest absolute Gasteiger partial charge is 0.468 e. The molecule has 2 rings (SSSR count). The molecule has 0 saturated heterocycles. The number of aromatic nitrogens is 1. The van der Waals surface area contributed by atoms with Crippen LogP contribution in [0.2, 0.25) is 0 Å². The Morgan fingerprint density at radius 2 is 2.22 bits per heavy atom. The summed E-state index contributed by atoms with van der Waals surface area (Å²) in [5.74, 6) is 0.937. The van der Waals surface area contributed by atoms with Crippen LogP contribution in [-0.4, -0.2) is 23.0 Å². The monoisotopic (exact) mass is 245 g/mol. The minimum Gasteiger partial charge on any atom is -0.468 e. The third kappa shape index (κ3) is 2.97. The van der Waals surface area contributed by atoms with Crippen LogP contribution in [0.5, 0.6) is 0 Å². The molecule has 0 fully saturated rings. The Hall–Kier alpha value is -1.65. The van der Waals surface area contributed by atoms with Crippen LogP contribution < -0.4 is 5.73 Å². The van der Waals surface area contributed by atoms with Crippen molar-refractivity contribution < 1.29 is 4.42 Å². The smallest absolute Gasteiger partial charge is 0.117 e. The van der Waals surface area contributed by atoms with Gasteiger partial charge < -0.3 is 10.2 Å². The van der Waals surface area contributed by atoms with Gasteiger partial charge in [0.25, 0.3) is 0 Å². The van der Waals surface area contributed by atoms with Gasteiger partial charge in [-0.3, -0.25) is 9.88 Å². The van der Waals surface area contributed by atoms with E-state index in [1.807, 2.05) is 38.4 Å². The van der Waals surface area contributed by atoms with Crippen LogP contribution >= 0.6 is 0 Å². The van der Waals surface area contributed by atoms with Gasteiger partial charge in [-0.1, -0.05) is 6.07 Å². The van der Waals surface area contributed by atoms with E-state index < -0.39 is 0 Å². The van der Waals surface area contributed by atoms with Crippen molar-refractivity contribution in [2.75, 3.05) is 7.05 Å². The van der Waals surface area contributed by atoms with Crippen molar-refractivity contribution in [2.45, 2.75) is 25.6 Å². The average molecular weight is 245 g/mol. The van der Waals surface area contributed by atoms with Crippen LogP contribution in [0.1, 0.15) is 24.3 Å². The van der Waals surface area contributed by atoms with Crippen molar-refractivity contribution in [3.63, 3.8) is 0 Å². The van der Waals surface area contributed by atoms with Crippen LogP contribution in [0.3, 0.4) is 0 Å². The van der Waals surface area contributed by atoms with E-state index in [9.17, 15) is 0 Å². The molecule has 0 aromatic carbocycles. The van der Waals surface area contributed by atoms with Crippen LogP contribution in [0.4, 0.5) is 0 Å². The first-order valence-electron chi connectivity index (χ1n) is 6.06. The van der Waals surface area contributed by atoms with Gasteiger partial charge in [0, 0.05) is 18.4 Å². The first kappa shape index (κ1) is 12.8. The second kappa shape index (κ2) is 5.80. The molecular weight excluding hydrogens is 226 g/mol. The maximum atomic E-state index is 6.10. The molecule has 2 unspecified atom stereocenters. The zero-order valence-electron chi connectivity index (χ0n) is 10.8. The fourth-order valence-corrected chi connectivity index (χ4v) is 2.26. The molecule has 0 spiro atoms. The number of pyridine rings is 1. The minimum atomic E-state index is 0.0224. The number of hydrogen-bond acceptors (Lipinski definition) is 4. The molecule has 96 valence electrons. The van der Waals surface area contributed by atoms with Gasteiger partial charge in [-0.25, -0.2) is 0 Å². The highest BCUT2D eigenvalue weighted by atomic mass is 16.3. The summed E-state index contributed by atoms with van der Waals surface area (Å²) >= 11 is 0. The zero-order valence-corrected chi connectivity index (χ0v) is 10.8. The number of hydrogen-bond donors (Lipinski definition) is 1. The van der Waals surface area contributed by atoms with Crippen molar-refractivity contribution in [2.24, 2.45) is 5.73 Å². The van der Waals surface area contributed by atoms with E-state index in [0.29, 0.717) is 0 Å². The Bertz CT molecular complexity index is 453. The topological polar surface area (TPSA) is 55.3 Å². The lowest BCUT2D eigenvalue weighted by Gasteiger charge is -2.30. The molecule has 0 radical (unpaired) electrons. The standard InChI is InChI=1S/C14H19N3O/c1-11(15)14(12-5-3-7-16-9-12)17(2)10-13-6-4-8-18-13/h3-9,11,14H,10,15H2,1-2H3. The van der Waals surface area contributed by atoms with Gasteiger partial charge in [-0.2, -0.15) is 0 Å². The lowest BCUT2D eigenvalue weighted by Crippen LogP contribution is -2.36. The third-order valence-corrected chi connectivity index (χ3v) is 2.98. The van der Waals surface area contributed by atoms with E-state index in [-0.39, 0.29) is 12.1 Å². The fraction of sp³-hybridized carbons (Fsp3) is 0.357. The molecule has 2 atom stereocenters. The normalized spacial score (nSPS) is 14.7. The SMILES string of the molecule is CC(N)C(c1cccnc1)N(C)Cc1ccco1. The second-order valence-electron chi connectivity index (χ2n) is 4.58. The highest BCUT2D eigenvalue weighted by Gasteiger charge is 2.21. The number of likely N-dealkylation sites (N-methyl/N-ethyl adjacent to an activating group) is 1. The quantitative estimate of drug-likeness (QED) is 0.877. The predicted molar refractivity (Wildman–Crippen MR) is 70.8 cm³/mol. The van der Waals surface area contributed by atoms with Gasteiger partial charge in [0.2, 0.25) is 0 Å². The Morgan fingerprint density at radius 3 is 2.78 bits per heavy atom. The highest BCUT2D eigenvalue weighted by Crippen LogP contribution is 2.23. The summed E-state index contributed by atoms with van der Waals surface area (Å²) in [5.41, 5.74) is 7.22. The lowest BCUT2D eigenvalue weighted by molar-refractivity contribution is 0.195.